The number of fused-ring (bicyclic) bond motifs is 1. The quantitative estimate of drug-likeness (QED) is 0.455. The van der Waals surface area contributed by atoms with Crippen molar-refractivity contribution in [1.82, 2.24) is 9.38 Å². The fourth-order valence-electron chi connectivity index (χ4n) is 3.41. The van der Waals surface area contributed by atoms with Crippen LogP contribution in [0.3, 0.4) is 0 Å². The van der Waals surface area contributed by atoms with Crippen LogP contribution >= 0.6 is 11.3 Å². The van der Waals surface area contributed by atoms with E-state index in [1.54, 1.807) is 18.4 Å². The number of imidazole rings is 1. The molecule has 2 aromatic carbocycles. The minimum absolute atomic E-state index is 0.0810. The summed E-state index contributed by atoms with van der Waals surface area (Å²) in [6.07, 6.45) is 2.33. The molecule has 0 aliphatic heterocycles. The van der Waals surface area contributed by atoms with Gasteiger partial charge in [-0.1, -0.05) is 12.1 Å². The molecule has 0 saturated carbocycles. The largest absolute Gasteiger partial charge is 0.497 e. The molecule has 0 N–H and O–H groups in total. The number of hydrogen-bond acceptors (Lipinski definition) is 4. The fourth-order valence-corrected chi connectivity index (χ4v) is 4.28. The molecular formula is C23H23N3O2S. The number of rotatable bonds is 6. The van der Waals surface area contributed by atoms with Crippen LogP contribution in [0.25, 0.3) is 16.2 Å². The molecular weight excluding hydrogens is 382 g/mol. The number of aromatic nitrogens is 2. The number of benzene rings is 2. The van der Waals surface area contributed by atoms with Gasteiger partial charge < -0.3 is 9.64 Å². The summed E-state index contributed by atoms with van der Waals surface area (Å²) in [7, 11) is 1.65. The Balaban J connectivity index is 1.59. The molecule has 0 fully saturated rings. The molecule has 0 aliphatic rings. The van der Waals surface area contributed by atoms with Crippen LogP contribution in [-0.4, -0.2) is 28.9 Å². The zero-order valence-corrected chi connectivity index (χ0v) is 17.6. The van der Waals surface area contributed by atoms with Crippen LogP contribution in [-0.2, 0) is 11.2 Å². The van der Waals surface area contributed by atoms with Crippen molar-refractivity contribution < 1.29 is 9.53 Å². The Labute approximate surface area is 174 Å². The maximum Gasteiger partial charge on any atom is 0.232 e. The van der Waals surface area contributed by atoms with Crippen LogP contribution in [0.1, 0.15) is 18.2 Å². The van der Waals surface area contributed by atoms with E-state index in [0.717, 1.165) is 38.9 Å². The molecule has 0 spiro atoms. The Bertz CT molecular complexity index is 1140. The van der Waals surface area contributed by atoms with Gasteiger partial charge in [-0.3, -0.25) is 9.20 Å². The normalized spacial score (nSPS) is 11.0. The summed E-state index contributed by atoms with van der Waals surface area (Å²) in [4.78, 5) is 20.5. The summed E-state index contributed by atoms with van der Waals surface area (Å²) in [6, 6.07) is 15.9. The van der Waals surface area contributed by atoms with Gasteiger partial charge in [0.05, 0.1) is 19.2 Å². The van der Waals surface area contributed by atoms with Gasteiger partial charge in [-0.15, -0.1) is 11.3 Å². The van der Waals surface area contributed by atoms with Crippen molar-refractivity contribution in [2.75, 3.05) is 18.6 Å². The van der Waals surface area contributed by atoms with Gasteiger partial charge in [0.15, 0.2) is 4.96 Å². The van der Waals surface area contributed by atoms with Crippen molar-refractivity contribution >= 4 is 27.9 Å². The lowest BCUT2D eigenvalue weighted by Gasteiger charge is -2.21. The van der Waals surface area contributed by atoms with Crippen molar-refractivity contribution in [3.8, 4) is 17.0 Å². The van der Waals surface area contributed by atoms with Crippen molar-refractivity contribution in [3.63, 3.8) is 0 Å². The van der Waals surface area contributed by atoms with Gasteiger partial charge in [-0.2, -0.15) is 0 Å². The molecule has 0 bridgehead atoms. The maximum absolute atomic E-state index is 13.0. The average molecular weight is 406 g/mol. The molecule has 4 rings (SSSR count). The number of carbonyl (C=O) groups is 1. The van der Waals surface area contributed by atoms with Crippen LogP contribution in [0.2, 0.25) is 0 Å². The highest BCUT2D eigenvalue weighted by atomic mass is 32.1. The molecule has 1 amide bonds. The van der Waals surface area contributed by atoms with E-state index in [0.29, 0.717) is 13.0 Å². The Morgan fingerprint density at radius 2 is 2.00 bits per heavy atom. The van der Waals surface area contributed by atoms with Crippen molar-refractivity contribution in [1.29, 1.82) is 0 Å². The second-order valence-electron chi connectivity index (χ2n) is 6.89. The summed E-state index contributed by atoms with van der Waals surface area (Å²) in [5, 5.41) is 2.02. The van der Waals surface area contributed by atoms with Crippen LogP contribution in [0.15, 0.2) is 60.1 Å². The molecule has 0 saturated heterocycles. The standard InChI is InChI=1S/C23H23N3O2S/c1-4-25(18-7-5-6-16(2)12-18)22(27)13-19-15-29-23-24-21(14-26(19)23)17-8-10-20(28-3)11-9-17/h5-12,14-15H,4,13H2,1-3H3. The van der Waals surface area contributed by atoms with Crippen molar-refractivity contribution in [2.24, 2.45) is 0 Å². The number of likely N-dealkylation sites (N-methyl/N-ethyl adjacent to an activating group) is 1. The topological polar surface area (TPSA) is 46.8 Å². The van der Waals surface area contributed by atoms with Crippen LogP contribution in [0.5, 0.6) is 5.75 Å². The second-order valence-corrected chi connectivity index (χ2v) is 7.72. The number of hydrogen-bond donors (Lipinski definition) is 0. The number of aryl methyl sites for hydroxylation is 1. The van der Waals surface area contributed by atoms with E-state index in [4.69, 9.17) is 9.72 Å². The first-order chi connectivity index (χ1) is 14.1. The van der Waals surface area contributed by atoms with Gasteiger partial charge in [0, 0.05) is 35.1 Å². The van der Waals surface area contributed by atoms with E-state index in [1.807, 2.05) is 83.3 Å². The van der Waals surface area contributed by atoms with Gasteiger partial charge in [-0.05, 0) is 55.8 Å². The Morgan fingerprint density at radius 3 is 2.69 bits per heavy atom. The summed E-state index contributed by atoms with van der Waals surface area (Å²) < 4.78 is 7.24. The van der Waals surface area contributed by atoms with E-state index in [-0.39, 0.29) is 5.91 Å². The van der Waals surface area contributed by atoms with Gasteiger partial charge >= 0.3 is 0 Å². The molecule has 4 aromatic rings. The van der Waals surface area contributed by atoms with E-state index < -0.39 is 0 Å². The van der Waals surface area contributed by atoms with Crippen molar-refractivity contribution in [3.05, 3.63) is 71.4 Å². The number of ether oxygens (including phenoxy) is 1. The van der Waals surface area contributed by atoms with Crippen LogP contribution in [0.4, 0.5) is 5.69 Å². The molecule has 0 atom stereocenters. The lowest BCUT2D eigenvalue weighted by atomic mass is 10.1. The third-order valence-corrected chi connectivity index (χ3v) is 5.82. The van der Waals surface area contributed by atoms with Crippen LogP contribution in [0, 0.1) is 6.92 Å². The van der Waals surface area contributed by atoms with Gasteiger partial charge in [0.1, 0.15) is 5.75 Å². The SMILES string of the molecule is CCN(C(=O)Cc1csc2nc(-c3ccc(OC)cc3)cn12)c1cccc(C)c1. The first kappa shape index (κ1) is 19.2. The monoisotopic (exact) mass is 405 g/mol. The number of anilines is 1. The molecule has 5 nitrogen and oxygen atoms in total. The molecule has 0 radical (unpaired) electrons. The van der Waals surface area contributed by atoms with Crippen molar-refractivity contribution in [2.45, 2.75) is 20.3 Å². The van der Waals surface area contributed by atoms with E-state index in [9.17, 15) is 4.79 Å². The highest BCUT2D eigenvalue weighted by molar-refractivity contribution is 7.15. The number of amides is 1. The summed E-state index contributed by atoms with van der Waals surface area (Å²) in [6.45, 7) is 4.68. The molecule has 0 aliphatic carbocycles. The van der Waals surface area contributed by atoms with Crippen LogP contribution < -0.4 is 9.64 Å². The molecule has 29 heavy (non-hydrogen) atoms. The summed E-state index contributed by atoms with van der Waals surface area (Å²) in [5.41, 5.74) is 4.94. The predicted octanol–water partition coefficient (Wildman–Crippen LogP) is 4.98. The van der Waals surface area contributed by atoms with E-state index in [1.165, 1.54) is 0 Å². The lowest BCUT2D eigenvalue weighted by molar-refractivity contribution is -0.118. The molecule has 6 heteroatoms. The molecule has 148 valence electrons. The smallest absolute Gasteiger partial charge is 0.232 e. The predicted molar refractivity (Wildman–Crippen MR) is 118 cm³/mol. The van der Waals surface area contributed by atoms with Gasteiger partial charge in [0.25, 0.3) is 0 Å². The zero-order valence-electron chi connectivity index (χ0n) is 16.8. The minimum Gasteiger partial charge on any atom is -0.497 e. The zero-order chi connectivity index (χ0) is 20.4. The number of thiazole rings is 1. The molecule has 2 heterocycles. The third-order valence-electron chi connectivity index (χ3n) is 4.93. The minimum atomic E-state index is 0.0810. The molecule has 2 aromatic heterocycles. The Morgan fingerprint density at radius 1 is 1.21 bits per heavy atom. The average Bonchev–Trinajstić information content (AvgIpc) is 3.31. The first-order valence-corrected chi connectivity index (χ1v) is 10.4. The summed E-state index contributed by atoms with van der Waals surface area (Å²) in [5.74, 6) is 0.898. The van der Waals surface area contributed by atoms with Gasteiger partial charge in [0.2, 0.25) is 5.91 Å². The highest BCUT2D eigenvalue weighted by Crippen LogP contribution is 2.26. The number of nitrogens with zero attached hydrogens (tertiary/aromatic N) is 3. The number of carbonyl (C=O) groups excluding carboxylic acids is 1. The Kier molecular flexibility index (Phi) is 5.36. The Hall–Kier alpha value is -3.12. The summed E-state index contributed by atoms with van der Waals surface area (Å²) >= 11 is 1.55. The maximum atomic E-state index is 13.0. The highest BCUT2D eigenvalue weighted by Gasteiger charge is 2.18. The fraction of sp³-hybridized carbons (Fsp3) is 0.217. The van der Waals surface area contributed by atoms with E-state index in [2.05, 4.69) is 0 Å². The van der Waals surface area contributed by atoms with Gasteiger partial charge in [-0.25, -0.2) is 4.98 Å². The lowest BCUT2D eigenvalue weighted by Crippen LogP contribution is -2.32. The first-order valence-electron chi connectivity index (χ1n) is 9.56. The van der Waals surface area contributed by atoms with E-state index >= 15 is 0 Å². The second kappa shape index (κ2) is 8.09. The molecule has 0 unspecified atom stereocenters. The third kappa shape index (κ3) is 3.89. The number of methoxy groups -OCH3 is 1.